The highest BCUT2D eigenvalue weighted by Crippen LogP contribution is 2.37. The Morgan fingerprint density at radius 2 is 1.83 bits per heavy atom. The summed E-state index contributed by atoms with van der Waals surface area (Å²) in [5.74, 6) is -0.295. The molecule has 3 atom stereocenters. The zero-order chi connectivity index (χ0) is 18.1. The normalized spacial score (nSPS) is 26.2. The summed E-state index contributed by atoms with van der Waals surface area (Å²) in [5, 5.41) is 12.9. The van der Waals surface area contributed by atoms with E-state index < -0.39 is 26.3 Å². The fraction of sp³-hybridized carbons (Fsp3) is 0.938. The quantitative estimate of drug-likeness (QED) is 0.765. The van der Waals surface area contributed by atoms with E-state index in [1.807, 2.05) is 20.8 Å². The molecule has 1 aliphatic heterocycles. The number of ether oxygens (including phenoxy) is 2. The lowest BCUT2D eigenvalue weighted by molar-refractivity contribution is -0.0893. The van der Waals surface area contributed by atoms with Gasteiger partial charge in [0.2, 0.25) is 0 Å². The van der Waals surface area contributed by atoms with Gasteiger partial charge in [0.25, 0.3) is 0 Å². The van der Waals surface area contributed by atoms with Crippen LogP contribution in [0.25, 0.3) is 0 Å². The Morgan fingerprint density at radius 3 is 2.30 bits per heavy atom. The number of hydrogen-bond acceptors (Lipinski definition) is 5. The van der Waals surface area contributed by atoms with Gasteiger partial charge >= 0.3 is 6.09 Å². The summed E-state index contributed by atoms with van der Waals surface area (Å²) < 4.78 is 16.7. The van der Waals surface area contributed by atoms with Crippen LogP contribution in [0.4, 0.5) is 4.79 Å². The molecule has 0 saturated carbocycles. The molecule has 7 heteroatoms. The van der Waals surface area contributed by atoms with Crippen LogP contribution in [0.2, 0.25) is 18.1 Å². The minimum absolute atomic E-state index is 0.0888. The first kappa shape index (κ1) is 20.4. The molecule has 0 aliphatic carbocycles. The van der Waals surface area contributed by atoms with Crippen LogP contribution in [-0.4, -0.2) is 50.7 Å². The van der Waals surface area contributed by atoms with Gasteiger partial charge in [-0.25, -0.2) is 4.79 Å². The molecule has 1 saturated heterocycles. The zero-order valence-corrected chi connectivity index (χ0v) is 16.7. The molecule has 6 nitrogen and oxygen atoms in total. The van der Waals surface area contributed by atoms with Crippen molar-refractivity contribution in [1.82, 2.24) is 5.32 Å². The van der Waals surface area contributed by atoms with E-state index in [0.717, 1.165) is 0 Å². The zero-order valence-electron chi connectivity index (χ0n) is 15.7. The fourth-order valence-corrected chi connectivity index (χ4v) is 3.02. The Bertz CT molecular complexity index is 414. The molecule has 0 radical (unpaired) electrons. The second kappa shape index (κ2) is 7.09. The van der Waals surface area contributed by atoms with Crippen molar-refractivity contribution in [2.45, 2.75) is 77.6 Å². The van der Waals surface area contributed by atoms with E-state index in [9.17, 15) is 9.90 Å². The lowest BCUT2D eigenvalue weighted by atomic mass is 10.0. The molecule has 1 heterocycles. The second-order valence-corrected chi connectivity index (χ2v) is 13.5. The number of amides is 1. The van der Waals surface area contributed by atoms with Crippen LogP contribution < -0.4 is 5.32 Å². The van der Waals surface area contributed by atoms with E-state index in [2.05, 4.69) is 39.2 Å². The van der Waals surface area contributed by atoms with Crippen molar-refractivity contribution in [2.24, 2.45) is 5.92 Å². The Balaban J connectivity index is 2.63. The van der Waals surface area contributed by atoms with Gasteiger partial charge in [0.15, 0.2) is 14.6 Å². The van der Waals surface area contributed by atoms with Crippen molar-refractivity contribution in [1.29, 1.82) is 0 Å². The van der Waals surface area contributed by atoms with E-state index in [1.165, 1.54) is 0 Å². The van der Waals surface area contributed by atoms with Crippen LogP contribution in [0.3, 0.4) is 0 Å². The van der Waals surface area contributed by atoms with Crippen molar-refractivity contribution >= 4 is 14.4 Å². The number of aliphatic hydroxyl groups excluding tert-OH is 1. The molecule has 1 fully saturated rings. The van der Waals surface area contributed by atoms with E-state index in [-0.39, 0.29) is 23.6 Å². The molecule has 0 aromatic carbocycles. The monoisotopic (exact) mass is 347 g/mol. The molecule has 2 N–H and O–H groups in total. The van der Waals surface area contributed by atoms with Crippen molar-refractivity contribution in [3.05, 3.63) is 0 Å². The predicted molar refractivity (Wildman–Crippen MR) is 91.8 cm³/mol. The third-order valence-corrected chi connectivity index (χ3v) is 8.98. The molecule has 1 amide bonds. The van der Waals surface area contributed by atoms with E-state index in [1.54, 1.807) is 0 Å². The number of hydrogen-bond donors (Lipinski definition) is 2. The van der Waals surface area contributed by atoms with Gasteiger partial charge in [-0.05, 0) is 38.9 Å². The molecule has 1 aliphatic rings. The Kier molecular flexibility index (Phi) is 6.29. The first-order valence-electron chi connectivity index (χ1n) is 8.16. The number of alkyl carbamates (subject to hydrolysis) is 1. The molecule has 1 rings (SSSR count). The topological polar surface area (TPSA) is 77.0 Å². The summed E-state index contributed by atoms with van der Waals surface area (Å²) >= 11 is 0. The Hall–Kier alpha value is -0.633. The van der Waals surface area contributed by atoms with Crippen molar-refractivity contribution < 1.29 is 23.8 Å². The van der Waals surface area contributed by atoms with Gasteiger partial charge in [0.05, 0.1) is 18.6 Å². The number of aliphatic hydroxyl groups is 1. The first-order valence-corrected chi connectivity index (χ1v) is 11.1. The molecule has 0 aromatic heterocycles. The van der Waals surface area contributed by atoms with Gasteiger partial charge in [-0.1, -0.05) is 20.8 Å². The van der Waals surface area contributed by atoms with E-state index in [4.69, 9.17) is 13.9 Å². The molecule has 23 heavy (non-hydrogen) atoms. The Morgan fingerprint density at radius 1 is 1.26 bits per heavy atom. The molecular formula is C16H33NO5Si. The Labute approximate surface area is 141 Å². The van der Waals surface area contributed by atoms with Gasteiger partial charge in [-0.15, -0.1) is 0 Å². The highest BCUT2D eigenvalue weighted by atomic mass is 28.4. The first-order chi connectivity index (χ1) is 10.2. The molecular weight excluding hydrogens is 314 g/mol. The van der Waals surface area contributed by atoms with Crippen LogP contribution in [0.1, 0.15) is 41.5 Å². The van der Waals surface area contributed by atoms with Crippen LogP contribution in [-0.2, 0) is 13.9 Å². The van der Waals surface area contributed by atoms with Crippen LogP contribution in [0, 0.1) is 5.92 Å². The van der Waals surface area contributed by atoms with Crippen molar-refractivity contribution in [3.8, 4) is 0 Å². The lowest BCUT2D eigenvalue weighted by Crippen LogP contribution is -2.48. The number of carbonyl (C=O) groups excluding carboxylic acids is 1. The van der Waals surface area contributed by atoms with Gasteiger partial charge in [-0.3, -0.25) is 0 Å². The molecule has 0 spiro atoms. The van der Waals surface area contributed by atoms with Gasteiger partial charge in [0, 0.05) is 6.61 Å². The largest absolute Gasteiger partial charge is 0.444 e. The third kappa shape index (κ3) is 6.06. The highest BCUT2D eigenvalue weighted by Gasteiger charge is 2.42. The maximum absolute atomic E-state index is 11.9. The number of nitrogens with one attached hydrogen (secondary N) is 1. The maximum atomic E-state index is 11.9. The summed E-state index contributed by atoms with van der Waals surface area (Å²) in [6, 6.07) is -0.315. The minimum atomic E-state index is -1.92. The molecule has 136 valence electrons. The van der Waals surface area contributed by atoms with Gasteiger partial charge in [-0.2, -0.15) is 0 Å². The summed E-state index contributed by atoms with van der Waals surface area (Å²) in [4.78, 5) is 11.9. The second-order valence-electron chi connectivity index (χ2n) is 8.71. The smallest absolute Gasteiger partial charge is 0.407 e. The van der Waals surface area contributed by atoms with Crippen molar-refractivity contribution in [2.75, 3.05) is 13.2 Å². The maximum Gasteiger partial charge on any atom is 0.407 e. The number of carbonyl (C=O) groups is 1. The summed E-state index contributed by atoms with van der Waals surface area (Å²) in [6.07, 6.45) is -1.43. The standard InChI is InChI=1S/C16H33NO5Si/c1-15(2,3)22-14(19)17-12-10-20-13(18)11(12)9-21-23(7,8)16(4,5)6/h11-13,18H,9-10H2,1-8H3,(H,17,19)/t11-,12+,13?/m0/s1. The van der Waals surface area contributed by atoms with E-state index >= 15 is 0 Å². The highest BCUT2D eigenvalue weighted by molar-refractivity contribution is 6.74. The molecule has 0 bridgehead atoms. The van der Waals surface area contributed by atoms with Crippen LogP contribution in [0.15, 0.2) is 0 Å². The minimum Gasteiger partial charge on any atom is -0.444 e. The predicted octanol–water partition coefficient (Wildman–Crippen LogP) is 2.87. The van der Waals surface area contributed by atoms with Crippen LogP contribution in [0.5, 0.6) is 0 Å². The SMILES string of the molecule is CC(C)(C)OC(=O)N[C@@H]1COC(O)[C@H]1CO[Si](C)(C)C(C)(C)C. The summed E-state index contributed by atoms with van der Waals surface area (Å²) in [5.41, 5.74) is -0.560. The molecule has 1 unspecified atom stereocenters. The average molecular weight is 348 g/mol. The summed E-state index contributed by atoms with van der Waals surface area (Å²) in [6.45, 7) is 16.9. The van der Waals surface area contributed by atoms with E-state index in [0.29, 0.717) is 6.61 Å². The van der Waals surface area contributed by atoms with Gasteiger partial charge in [0.1, 0.15) is 5.60 Å². The van der Waals surface area contributed by atoms with Crippen LogP contribution >= 0.6 is 0 Å². The number of rotatable bonds is 4. The third-order valence-electron chi connectivity index (χ3n) is 4.47. The average Bonchev–Trinajstić information content (AvgIpc) is 2.63. The fourth-order valence-electron chi connectivity index (χ4n) is 1.98. The van der Waals surface area contributed by atoms with Crippen molar-refractivity contribution in [3.63, 3.8) is 0 Å². The summed E-state index contributed by atoms with van der Waals surface area (Å²) in [7, 11) is -1.92. The molecule has 0 aromatic rings. The lowest BCUT2D eigenvalue weighted by Gasteiger charge is -2.37. The van der Waals surface area contributed by atoms with Gasteiger partial charge < -0.3 is 24.3 Å².